The van der Waals surface area contributed by atoms with Crippen LogP contribution in [0.15, 0.2) is 33.6 Å². The van der Waals surface area contributed by atoms with Crippen LogP contribution in [0.3, 0.4) is 0 Å². The number of hydrogen-bond acceptors (Lipinski definition) is 5. The lowest BCUT2D eigenvalue weighted by molar-refractivity contribution is 0.282. The highest BCUT2D eigenvalue weighted by Gasteiger charge is 2.03. The average molecular weight is 405 g/mol. The number of unbranched alkanes of at least 4 members (excludes halogenated alkanes) is 11. The largest absolute Gasteiger partial charge is 0.494 e. The van der Waals surface area contributed by atoms with Gasteiger partial charge in [-0.15, -0.1) is 0 Å². The first-order valence-electron chi connectivity index (χ1n) is 11.2. The fourth-order valence-corrected chi connectivity index (χ4v) is 3.41. The van der Waals surface area contributed by atoms with Crippen LogP contribution in [-0.4, -0.2) is 28.5 Å². The van der Waals surface area contributed by atoms with Gasteiger partial charge >= 0.3 is 5.76 Å². The van der Waals surface area contributed by atoms with E-state index in [1.165, 1.54) is 64.2 Å². The Bertz CT molecular complexity index is 693. The number of H-pyrrole nitrogens is 1. The monoisotopic (exact) mass is 404 g/mol. The van der Waals surface area contributed by atoms with Crippen LogP contribution >= 0.6 is 0 Å². The van der Waals surface area contributed by atoms with Crippen LogP contribution in [0.25, 0.3) is 0 Å². The van der Waals surface area contributed by atoms with Gasteiger partial charge < -0.3 is 9.84 Å². The molecule has 0 unspecified atom stereocenters. The molecule has 0 aliphatic rings. The molecule has 0 atom stereocenters. The Balaban J connectivity index is 1.41. The Morgan fingerprint density at radius 3 is 1.90 bits per heavy atom. The fraction of sp³-hybridized carbons (Fsp3) is 0.652. The van der Waals surface area contributed by atoms with Gasteiger partial charge in [-0.1, -0.05) is 81.5 Å². The van der Waals surface area contributed by atoms with Crippen molar-refractivity contribution in [3.05, 3.63) is 46.2 Å². The van der Waals surface area contributed by atoms with Crippen molar-refractivity contribution in [1.29, 1.82) is 0 Å². The summed E-state index contributed by atoms with van der Waals surface area (Å²) < 4.78 is 10.3. The maximum Gasteiger partial charge on any atom is 0.438 e. The summed E-state index contributed by atoms with van der Waals surface area (Å²) >= 11 is 0. The molecule has 0 aliphatic heterocycles. The van der Waals surface area contributed by atoms with Gasteiger partial charge in [0.1, 0.15) is 5.75 Å². The van der Waals surface area contributed by atoms with Crippen LogP contribution in [0.5, 0.6) is 5.75 Å². The van der Waals surface area contributed by atoms with E-state index in [0.29, 0.717) is 18.9 Å². The molecule has 1 aromatic heterocycles. The number of aliphatic hydroxyl groups excluding tert-OH is 1. The topological polar surface area (TPSA) is 88.4 Å². The lowest BCUT2D eigenvalue weighted by atomic mass is 10.1. The number of nitrogens with one attached hydrogen (secondary N) is 1. The molecule has 2 N–H and O–H groups in total. The standard InChI is InChI=1S/C23H36N2O4/c26-17-11-9-7-5-3-1-2-4-6-8-10-12-18-28-21-15-13-20(14-16-21)19-22-24-23(27)29-25-22/h13-16,26H,1-12,17-19H2,(H,24,25,27). The Kier molecular flexibility index (Phi) is 11.9. The van der Waals surface area contributed by atoms with Gasteiger partial charge in [-0.25, -0.2) is 4.79 Å². The molecule has 0 spiro atoms. The summed E-state index contributed by atoms with van der Waals surface area (Å²) in [5.74, 6) is 0.883. The maximum absolute atomic E-state index is 10.9. The quantitative estimate of drug-likeness (QED) is 0.362. The molecule has 6 nitrogen and oxygen atoms in total. The van der Waals surface area contributed by atoms with E-state index in [0.717, 1.165) is 30.8 Å². The van der Waals surface area contributed by atoms with Gasteiger partial charge in [0, 0.05) is 13.0 Å². The third kappa shape index (κ3) is 10.9. The summed E-state index contributed by atoms with van der Waals surface area (Å²) in [6.07, 6.45) is 15.6. The molecule has 0 saturated heterocycles. The zero-order valence-electron chi connectivity index (χ0n) is 17.5. The molecule has 29 heavy (non-hydrogen) atoms. The molecule has 2 rings (SSSR count). The highest BCUT2D eigenvalue weighted by atomic mass is 16.5. The van der Waals surface area contributed by atoms with E-state index in [1.54, 1.807) is 0 Å². The van der Waals surface area contributed by atoms with E-state index >= 15 is 0 Å². The SMILES string of the molecule is O=c1[nH]c(Cc2ccc(OCCCCCCCCCCCCCCO)cc2)no1. The van der Waals surface area contributed by atoms with Crippen LogP contribution in [-0.2, 0) is 6.42 Å². The van der Waals surface area contributed by atoms with Gasteiger partial charge in [-0.05, 0) is 30.5 Å². The van der Waals surface area contributed by atoms with E-state index in [-0.39, 0.29) is 0 Å². The molecule has 1 heterocycles. The van der Waals surface area contributed by atoms with Gasteiger partial charge in [0.05, 0.1) is 6.61 Å². The molecule has 0 bridgehead atoms. The smallest absolute Gasteiger partial charge is 0.438 e. The van der Waals surface area contributed by atoms with Crippen LogP contribution < -0.4 is 10.5 Å². The molecular formula is C23H36N2O4. The van der Waals surface area contributed by atoms with Crippen molar-refractivity contribution in [3.63, 3.8) is 0 Å². The average Bonchev–Trinajstić information content (AvgIpc) is 3.14. The fourth-order valence-electron chi connectivity index (χ4n) is 3.41. The first kappa shape index (κ1) is 23.2. The van der Waals surface area contributed by atoms with Crippen molar-refractivity contribution in [2.45, 2.75) is 83.5 Å². The zero-order chi connectivity index (χ0) is 20.6. The number of nitrogens with zero attached hydrogens (tertiary/aromatic N) is 1. The van der Waals surface area contributed by atoms with Crippen molar-refractivity contribution < 1.29 is 14.4 Å². The molecule has 0 aliphatic carbocycles. The van der Waals surface area contributed by atoms with Gasteiger partial charge in [0.2, 0.25) is 0 Å². The molecule has 0 radical (unpaired) electrons. The van der Waals surface area contributed by atoms with Gasteiger partial charge in [0.15, 0.2) is 5.82 Å². The number of aliphatic hydroxyl groups is 1. The molecule has 0 fully saturated rings. The Labute approximate surface area is 173 Å². The summed E-state index contributed by atoms with van der Waals surface area (Å²) in [6.45, 7) is 1.09. The van der Waals surface area contributed by atoms with E-state index in [1.807, 2.05) is 24.3 Å². The van der Waals surface area contributed by atoms with Crippen LogP contribution in [0.1, 0.15) is 88.4 Å². The van der Waals surface area contributed by atoms with Gasteiger partial charge in [-0.3, -0.25) is 9.51 Å². The Morgan fingerprint density at radius 2 is 1.38 bits per heavy atom. The predicted molar refractivity (Wildman–Crippen MR) is 114 cm³/mol. The number of benzene rings is 1. The van der Waals surface area contributed by atoms with Crippen LogP contribution in [0.2, 0.25) is 0 Å². The first-order chi connectivity index (χ1) is 14.3. The first-order valence-corrected chi connectivity index (χ1v) is 11.2. The molecule has 162 valence electrons. The minimum absolute atomic E-state index is 0.339. The van der Waals surface area contributed by atoms with Crippen LogP contribution in [0.4, 0.5) is 0 Å². The van der Waals surface area contributed by atoms with E-state index < -0.39 is 5.76 Å². The highest BCUT2D eigenvalue weighted by molar-refractivity contribution is 5.28. The van der Waals surface area contributed by atoms with Gasteiger partial charge in [0.25, 0.3) is 0 Å². The summed E-state index contributed by atoms with van der Waals surface area (Å²) in [4.78, 5) is 13.5. The Hall–Kier alpha value is -2.08. The third-order valence-corrected chi connectivity index (χ3v) is 5.10. The summed E-state index contributed by atoms with van der Waals surface area (Å²) in [5.41, 5.74) is 1.05. The molecule has 0 saturated carbocycles. The summed E-state index contributed by atoms with van der Waals surface area (Å²) in [6, 6.07) is 7.87. The van der Waals surface area contributed by atoms with E-state index in [2.05, 4.69) is 14.7 Å². The molecule has 1 aromatic carbocycles. The van der Waals surface area contributed by atoms with E-state index in [9.17, 15) is 4.79 Å². The summed E-state index contributed by atoms with van der Waals surface area (Å²) in [7, 11) is 0. The molecule has 6 heteroatoms. The minimum Gasteiger partial charge on any atom is -0.494 e. The number of aromatic amines is 1. The molecular weight excluding hydrogens is 368 g/mol. The second-order valence-corrected chi connectivity index (χ2v) is 7.68. The highest BCUT2D eigenvalue weighted by Crippen LogP contribution is 2.15. The number of rotatable bonds is 17. The lowest BCUT2D eigenvalue weighted by Crippen LogP contribution is -1.99. The number of ether oxygens (including phenoxy) is 1. The van der Waals surface area contributed by atoms with Crippen molar-refractivity contribution >= 4 is 0 Å². The number of aromatic nitrogens is 2. The van der Waals surface area contributed by atoms with Crippen LogP contribution in [0, 0.1) is 0 Å². The third-order valence-electron chi connectivity index (χ3n) is 5.10. The van der Waals surface area contributed by atoms with Gasteiger partial charge in [-0.2, -0.15) is 0 Å². The normalized spacial score (nSPS) is 11.1. The van der Waals surface area contributed by atoms with Crippen molar-refractivity contribution in [2.24, 2.45) is 0 Å². The van der Waals surface area contributed by atoms with Crippen molar-refractivity contribution in [1.82, 2.24) is 10.1 Å². The zero-order valence-corrected chi connectivity index (χ0v) is 17.5. The molecule has 0 amide bonds. The lowest BCUT2D eigenvalue weighted by Gasteiger charge is -2.07. The molecule has 2 aromatic rings. The summed E-state index contributed by atoms with van der Waals surface area (Å²) in [5, 5.41) is 12.4. The Morgan fingerprint density at radius 1 is 0.828 bits per heavy atom. The minimum atomic E-state index is -0.523. The predicted octanol–water partition coefficient (Wildman–Crippen LogP) is 5.01. The number of hydrogen-bond donors (Lipinski definition) is 2. The second kappa shape index (κ2) is 14.9. The second-order valence-electron chi connectivity index (χ2n) is 7.68. The van der Waals surface area contributed by atoms with Crippen molar-refractivity contribution in [2.75, 3.05) is 13.2 Å². The van der Waals surface area contributed by atoms with Crippen molar-refractivity contribution in [3.8, 4) is 5.75 Å². The van der Waals surface area contributed by atoms with E-state index in [4.69, 9.17) is 9.84 Å². The maximum atomic E-state index is 10.9.